The fourth-order valence-electron chi connectivity index (χ4n) is 2.06. The van der Waals surface area contributed by atoms with E-state index in [1.807, 2.05) is 24.3 Å². The molecule has 1 aliphatic heterocycles. The van der Waals surface area contributed by atoms with Gasteiger partial charge in [0.25, 0.3) is 0 Å². The molecule has 0 aliphatic carbocycles. The molecule has 1 heterocycles. The van der Waals surface area contributed by atoms with Crippen LogP contribution in [-0.2, 0) is 4.74 Å². The van der Waals surface area contributed by atoms with Crippen molar-refractivity contribution in [3.63, 3.8) is 0 Å². The molecule has 1 fully saturated rings. The van der Waals surface area contributed by atoms with Crippen LogP contribution in [0.4, 0.5) is 0 Å². The number of nitrogens with zero attached hydrogens (tertiary/aromatic N) is 2. The molecule has 0 bridgehead atoms. The van der Waals surface area contributed by atoms with Gasteiger partial charge in [0.2, 0.25) is 5.90 Å². The second kappa shape index (κ2) is 6.98. The lowest BCUT2D eigenvalue weighted by molar-refractivity contribution is -0.0287. The van der Waals surface area contributed by atoms with E-state index in [9.17, 15) is 0 Å². The van der Waals surface area contributed by atoms with Crippen LogP contribution in [0.25, 0.3) is 0 Å². The van der Waals surface area contributed by atoms with Crippen LogP contribution >= 0.6 is 0 Å². The van der Waals surface area contributed by atoms with Gasteiger partial charge in [-0.1, -0.05) is 18.7 Å². The molecule has 0 spiro atoms. The van der Waals surface area contributed by atoms with Gasteiger partial charge in [-0.3, -0.25) is 0 Å². The molecular weight excluding hydrogens is 254 g/mol. The Morgan fingerprint density at radius 2 is 2.40 bits per heavy atom. The first-order valence-corrected chi connectivity index (χ1v) is 6.53. The van der Waals surface area contributed by atoms with Crippen molar-refractivity contribution < 1.29 is 10.9 Å². The molecule has 1 aromatic carbocycles. The average Bonchev–Trinajstić information content (AvgIpc) is 2.47. The van der Waals surface area contributed by atoms with Gasteiger partial charge in [-0.25, -0.2) is 0 Å². The molecule has 0 amide bonds. The van der Waals surface area contributed by atoms with Crippen molar-refractivity contribution in [1.29, 1.82) is 0 Å². The summed E-state index contributed by atoms with van der Waals surface area (Å²) < 4.78 is 11.5. The lowest BCUT2D eigenvalue weighted by atomic mass is 10.1. The maximum absolute atomic E-state index is 5.91. The van der Waals surface area contributed by atoms with Gasteiger partial charge in [-0.2, -0.15) is 5.10 Å². The third-order valence-corrected chi connectivity index (χ3v) is 2.95. The van der Waals surface area contributed by atoms with E-state index in [-0.39, 0.29) is 13.6 Å². The second-order valence-electron chi connectivity index (χ2n) is 4.55. The summed E-state index contributed by atoms with van der Waals surface area (Å²) in [7, 11) is 0. The molecule has 2 atom stereocenters. The standard InChI is InChI=1S/C15H19N3O2.H2/c1-4-15(18-16-3)20-13-7-5-6-12(8-13)14-10-17-9-11(2)19-14;/h4-8,11,14,17H,1,3,9-10H2,2H3;1H/b18-15+;/t11-,14-;/m1./s1. The molecule has 1 aliphatic rings. The van der Waals surface area contributed by atoms with Crippen molar-refractivity contribution in [2.45, 2.75) is 19.1 Å². The molecule has 20 heavy (non-hydrogen) atoms. The van der Waals surface area contributed by atoms with Gasteiger partial charge in [0.1, 0.15) is 5.75 Å². The minimum atomic E-state index is 0. The highest BCUT2D eigenvalue weighted by atomic mass is 16.5. The highest BCUT2D eigenvalue weighted by Crippen LogP contribution is 2.24. The lowest BCUT2D eigenvalue weighted by Crippen LogP contribution is -2.38. The largest absolute Gasteiger partial charge is 0.438 e. The van der Waals surface area contributed by atoms with Gasteiger partial charge in [0, 0.05) is 21.2 Å². The van der Waals surface area contributed by atoms with Crippen LogP contribution < -0.4 is 10.1 Å². The van der Waals surface area contributed by atoms with Crippen molar-refractivity contribution in [2.24, 2.45) is 10.2 Å². The van der Waals surface area contributed by atoms with Crippen LogP contribution in [-0.4, -0.2) is 31.8 Å². The average molecular weight is 275 g/mol. The van der Waals surface area contributed by atoms with Crippen molar-refractivity contribution in [3.8, 4) is 5.75 Å². The van der Waals surface area contributed by atoms with E-state index in [2.05, 4.69) is 35.7 Å². The van der Waals surface area contributed by atoms with Gasteiger partial charge >= 0.3 is 0 Å². The molecule has 0 saturated carbocycles. The van der Waals surface area contributed by atoms with Crippen LogP contribution in [0.3, 0.4) is 0 Å². The van der Waals surface area contributed by atoms with Crippen molar-refractivity contribution in [3.05, 3.63) is 42.5 Å². The summed E-state index contributed by atoms with van der Waals surface area (Å²) >= 11 is 0. The summed E-state index contributed by atoms with van der Waals surface area (Å²) in [6, 6.07) is 7.74. The molecule has 108 valence electrons. The normalized spacial score (nSPS) is 23.1. The predicted octanol–water partition coefficient (Wildman–Crippen LogP) is 2.56. The number of hydrogen-bond donors (Lipinski definition) is 1. The number of morpholine rings is 1. The Morgan fingerprint density at radius 1 is 1.55 bits per heavy atom. The number of nitrogens with one attached hydrogen (secondary N) is 1. The van der Waals surface area contributed by atoms with E-state index in [1.54, 1.807) is 0 Å². The second-order valence-corrected chi connectivity index (χ2v) is 4.55. The van der Waals surface area contributed by atoms with E-state index in [1.165, 1.54) is 6.08 Å². The van der Waals surface area contributed by atoms with E-state index in [0.717, 1.165) is 18.7 Å². The molecule has 0 unspecified atom stereocenters. The molecule has 1 saturated heterocycles. The van der Waals surface area contributed by atoms with Gasteiger partial charge < -0.3 is 14.8 Å². The van der Waals surface area contributed by atoms with Crippen LogP contribution in [0.1, 0.15) is 20.0 Å². The monoisotopic (exact) mass is 275 g/mol. The molecule has 2 rings (SSSR count). The Balaban J connectivity index is 0.00000220. The quantitative estimate of drug-likeness (QED) is 0.522. The fraction of sp³-hybridized carbons (Fsp3) is 0.333. The van der Waals surface area contributed by atoms with Gasteiger partial charge in [0.15, 0.2) is 0 Å². The zero-order chi connectivity index (χ0) is 14.4. The number of rotatable bonds is 4. The minimum Gasteiger partial charge on any atom is -0.438 e. The molecule has 5 heteroatoms. The van der Waals surface area contributed by atoms with Crippen molar-refractivity contribution in [2.75, 3.05) is 13.1 Å². The highest BCUT2D eigenvalue weighted by Gasteiger charge is 2.20. The van der Waals surface area contributed by atoms with Crippen LogP contribution in [0.5, 0.6) is 5.75 Å². The summed E-state index contributed by atoms with van der Waals surface area (Å²) in [5.41, 5.74) is 1.07. The molecule has 1 aromatic rings. The van der Waals surface area contributed by atoms with Gasteiger partial charge in [0.05, 0.1) is 12.2 Å². The topological polar surface area (TPSA) is 55.2 Å². The molecule has 0 aromatic heterocycles. The van der Waals surface area contributed by atoms with E-state index in [4.69, 9.17) is 9.47 Å². The Morgan fingerprint density at radius 3 is 3.10 bits per heavy atom. The Hall–Kier alpha value is -1.98. The summed E-state index contributed by atoms with van der Waals surface area (Å²) in [6.07, 6.45) is 1.72. The van der Waals surface area contributed by atoms with Gasteiger partial charge in [-0.15, -0.1) is 5.10 Å². The first kappa shape index (κ1) is 14.4. The third kappa shape index (κ3) is 3.76. The molecular formula is C15H21N3O2. The van der Waals surface area contributed by atoms with Crippen molar-refractivity contribution >= 4 is 12.6 Å². The first-order chi connectivity index (χ1) is 9.72. The fourth-order valence-corrected chi connectivity index (χ4v) is 2.06. The van der Waals surface area contributed by atoms with Crippen LogP contribution in [0, 0.1) is 0 Å². The summed E-state index contributed by atoms with van der Waals surface area (Å²) in [4.78, 5) is 0. The smallest absolute Gasteiger partial charge is 0.238 e. The maximum atomic E-state index is 5.91. The van der Waals surface area contributed by atoms with E-state index >= 15 is 0 Å². The van der Waals surface area contributed by atoms with E-state index in [0.29, 0.717) is 11.6 Å². The Labute approximate surface area is 120 Å². The summed E-state index contributed by atoms with van der Waals surface area (Å²) in [5.74, 6) is 0.986. The molecule has 1 N–H and O–H groups in total. The number of ether oxygens (including phenoxy) is 2. The van der Waals surface area contributed by atoms with Crippen LogP contribution in [0.2, 0.25) is 0 Å². The predicted molar refractivity (Wildman–Crippen MR) is 82.5 cm³/mol. The van der Waals surface area contributed by atoms with Crippen LogP contribution in [0.15, 0.2) is 47.1 Å². The zero-order valence-corrected chi connectivity index (χ0v) is 11.6. The Bertz CT molecular complexity index is 519. The number of hydrogen-bond acceptors (Lipinski definition) is 5. The number of benzene rings is 1. The first-order valence-electron chi connectivity index (χ1n) is 6.53. The Kier molecular flexibility index (Phi) is 5.03. The zero-order valence-electron chi connectivity index (χ0n) is 11.6. The van der Waals surface area contributed by atoms with Gasteiger partial charge in [-0.05, 0) is 30.7 Å². The summed E-state index contributed by atoms with van der Waals surface area (Å²) in [6.45, 7) is 10.6. The maximum Gasteiger partial charge on any atom is 0.238 e. The van der Waals surface area contributed by atoms with Crippen molar-refractivity contribution in [1.82, 2.24) is 5.32 Å². The summed E-state index contributed by atoms with van der Waals surface area (Å²) in [5, 5.41) is 10.5. The third-order valence-electron chi connectivity index (χ3n) is 2.95. The SMILES string of the molecule is C=C/C(=N\N=C)Oc1cccc([C@H]2CNC[C@@H](C)O2)c1.[HH]. The lowest BCUT2D eigenvalue weighted by Gasteiger charge is -2.29. The van der Waals surface area contributed by atoms with E-state index < -0.39 is 0 Å². The molecule has 5 nitrogen and oxygen atoms in total. The molecule has 0 radical (unpaired) electrons. The minimum absolute atomic E-state index is 0. The highest BCUT2D eigenvalue weighted by molar-refractivity contribution is 5.88.